The van der Waals surface area contributed by atoms with Crippen LogP contribution in [-0.4, -0.2) is 36.2 Å². The number of rotatable bonds is 3. The first-order valence-corrected chi connectivity index (χ1v) is 5.51. The molecule has 0 aromatic heterocycles. The SMILES string of the molecule is CCCC(C)C1CCN(C)C[C@@H]1O. The third-order valence-electron chi connectivity index (χ3n) is 3.31. The van der Waals surface area contributed by atoms with Gasteiger partial charge in [-0.1, -0.05) is 26.7 Å². The number of likely N-dealkylation sites (tertiary alicyclic amines) is 1. The second-order valence-corrected chi connectivity index (χ2v) is 4.55. The Balaban J connectivity index is 2.40. The summed E-state index contributed by atoms with van der Waals surface area (Å²) in [5.74, 6) is 1.23. The smallest absolute Gasteiger partial charge is 0.0698 e. The van der Waals surface area contributed by atoms with E-state index in [1.807, 2.05) is 0 Å². The van der Waals surface area contributed by atoms with Gasteiger partial charge in [0.25, 0.3) is 0 Å². The third kappa shape index (κ3) is 2.96. The van der Waals surface area contributed by atoms with Crippen LogP contribution in [0.1, 0.15) is 33.1 Å². The van der Waals surface area contributed by atoms with Gasteiger partial charge in [-0.2, -0.15) is 0 Å². The van der Waals surface area contributed by atoms with Crippen molar-refractivity contribution in [1.82, 2.24) is 4.90 Å². The lowest BCUT2D eigenvalue weighted by atomic mass is 9.81. The highest BCUT2D eigenvalue weighted by Gasteiger charge is 2.29. The van der Waals surface area contributed by atoms with Gasteiger partial charge in [0.1, 0.15) is 0 Å². The van der Waals surface area contributed by atoms with E-state index < -0.39 is 0 Å². The van der Waals surface area contributed by atoms with Crippen LogP contribution in [0.25, 0.3) is 0 Å². The molecule has 0 aromatic rings. The van der Waals surface area contributed by atoms with E-state index in [0.717, 1.165) is 13.1 Å². The number of aliphatic hydroxyl groups excluding tert-OH is 1. The second-order valence-electron chi connectivity index (χ2n) is 4.55. The first-order chi connectivity index (χ1) is 6.15. The van der Waals surface area contributed by atoms with Gasteiger partial charge >= 0.3 is 0 Å². The summed E-state index contributed by atoms with van der Waals surface area (Å²) in [4.78, 5) is 2.22. The van der Waals surface area contributed by atoms with Crippen molar-refractivity contribution in [2.24, 2.45) is 11.8 Å². The molecule has 78 valence electrons. The molecule has 1 fully saturated rings. The minimum absolute atomic E-state index is 0.0969. The van der Waals surface area contributed by atoms with Crippen LogP contribution in [0, 0.1) is 11.8 Å². The van der Waals surface area contributed by atoms with Gasteiger partial charge in [-0.05, 0) is 31.8 Å². The van der Waals surface area contributed by atoms with Crippen LogP contribution >= 0.6 is 0 Å². The number of hydrogen-bond donors (Lipinski definition) is 1. The van der Waals surface area contributed by atoms with Crippen molar-refractivity contribution >= 4 is 0 Å². The van der Waals surface area contributed by atoms with Gasteiger partial charge in [-0.15, -0.1) is 0 Å². The van der Waals surface area contributed by atoms with Gasteiger partial charge in [-0.25, -0.2) is 0 Å². The predicted octanol–water partition coefficient (Wildman–Crippen LogP) is 1.74. The highest BCUT2D eigenvalue weighted by Crippen LogP contribution is 2.27. The zero-order chi connectivity index (χ0) is 9.84. The molecule has 2 nitrogen and oxygen atoms in total. The minimum Gasteiger partial charge on any atom is -0.391 e. The Hall–Kier alpha value is -0.0800. The van der Waals surface area contributed by atoms with Gasteiger partial charge < -0.3 is 10.0 Å². The summed E-state index contributed by atoms with van der Waals surface area (Å²) in [6, 6.07) is 0. The molecule has 0 radical (unpaired) electrons. The van der Waals surface area contributed by atoms with Crippen LogP contribution in [0.5, 0.6) is 0 Å². The zero-order valence-electron chi connectivity index (χ0n) is 9.16. The Labute approximate surface area is 81.9 Å². The van der Waals surface area contributed by atoms with E-state index in [1.165, 1.54) is 19.3 Å². The molecule has 2 heteroatoms. The molecule has 13 heavy (non-hydrogen) atoms. The van der Waals surface area contributed by atoms with Crippen LogP contribution in [-0.2, 0) is 0 Å². The molecule has 1 saturated heterocycles. The van der Waals surface area contributed by atoms with E-state index in [1.54, 1.807) is 0 Å². The van der Waals surface area contributed by atoms with E-state index in [0.29, 0.717) is 11.8 Å². The Morgan fingerprint density at radius 3 is 2.77 bits per heavy atom. The minimum atomic E-state index is -0.0969. The molecule has 0 aromatic carbocycles. The van der Waals surface area contributed by atoms with Crippen molar-refractivity contribution in [2.45, 2.75) is 39.2 Å². The topological polar surface area (TPSA) is 23.5 Å². The zero-order valence-corrected chi connectivity index (χ0v) is 9.16. The van der Waals surface area contributed by atoms with Gasteiger partial charge in [0.05, 0.1) is 6.10 Å². The van der Waals surface area contributed by atoms with Gasteiger partial charge in [-0.3, -0.25) is 0 Å². The summed E-state index contributed by atoms with van der Waals surface area (Å²) >= 11 is 0. The molecule has 1 N–H and O–H groups in total. The Morgan fingerprint density at radius 1 is 1.54 bits per heavy atom. The second kappa shape index (κ2) is 4.97. The summed E-state index contributed by atoms with van der Waals surface area (Å²) in [6.45, 7) is 6.51. The van der Waals surface area contributed by atoms with Gasteiger partial charge in [0, 0.05) is 6.54 Å². The molecule has 1 rings (SSSR count). The van der Waals surface area contributed by atoms with E-state index in [4.69, 9.17) is 0 Å². The van der Waals surface area contributed by atoms with Gasteiger partial charge in [0.2, 0.25) is 0 Å². The van der Waals surface area contributed by atoms with Crippen LogP contribution in [0.3, 0.4) is 0 Å². The fourth-order valence-electron chi connectivity index (χ4n) is 2.44. The molecule has 1 aliphatic heterocycles. The number of piperidine rings is 1. The van der Waals surface area contributed by atoms with Crippen molar-refractivity contribution < 1.29 is 5.11 Å². The Morgan fingerprint density at radius 2 is 2.23 bits per heavy atom. The first-order valence-electron chi connectivity index (χ1n) is 5.51. The van der Waals surface area contributed by atoms with E-state index in [2.05, 4.69) is 25.8 Å². The predicted molar refractivity (Wildman–Crippen MR) is 55.7 cm³/mol. The highest BCUT2D eigenvalue weighted by molar-refractivity contribution is 4.81. The average Bonchev–Trinajstić information content (AvgIpc) is 2.04. The highest BCUT2D eigenvalue weighted by atomic mass is 16.3. The maximum absolute atomic E-state index is 9.89. The maximum atomic E-state index is 9.89. The van der Waals surface area contributed by atoms with Crippen LogP contribution in [0.4, 0.5) is 0 Å². The lowest BCUT2D eigenvalue weighted by molar-refractivity contribution is 0.00704. The summed E-state index contributed by atoms with van der Waals surface area (Å²) in [6.07, 6.45) is 3.56. The number of β-amino-alcohol motifs (C(OH)–C–C–N with tert-alkyl or cyclic N) is 1. The van der Waals surface area contributed by atoms with E-state index >= 15 is 0 Å². The molecular weight excluding hydrogens is 162 g/mol. The van der Waals surface area contributed by atoms with Gasteiger partial charge in [0.15, 0.2) is 0 Å². The maximum Gasteiger partial charge on any atom is 0.0698 e. The lowest BCUT2D eigenvalue weighted by Gasteiger charge is -2.37. The molecule has 3 atom stereocenters. The van der Waals surface area contributed by atoms with Crippen molar-refractivity contribution in [2.75, 3.05) is 20.1 Å². The molecule has 0 aliphatic carbocycles. The van der Waals surface area contributed by atoms with Crippen LogP contribution in [0.2, 0.25) is 0 Å². The lowest BCUT2D eigenvalue weighted by Crippen LogP contribution is -2.43. The number of hydrogen-bond acceptors (Lipinski definition) is 2. The Kier molecular flexibility index (Phi) is 4.20. The fraction of sp³-hybridized carbons (Fsp3) is 1.00. The molecule has 0 saturated carbocycles. The standard InChI is InChI=1S/C11H23NO/c1-4-5-9(2)10-6-7-12(3)8-11(10)13/h9-11,13H,4-8H2,1-3H3/t9?,10?,11-/m0/s1. The van der Waals surface area contributed by atoms with Crippen LogP contribution in [0.15, 0.2) is 0 Å². The molecule has 0 amide bonds. The van der Waals surface area contributed by atoms with Crippen molar-refractivity contribution in [3.63, 3.8) is 0 Å². The average molecular weight is 185 g/mol. The Bertz CT molecular complexity index is 145. The first kappa shape index (κ1) is 11.0. The quantitative estimate of drug-likeness (QED) is 0.724. The summed E-state index contributed by atoms with van der Waals surface area (Å²) < 4.78 is 0. The van der Waals surface area contributed by atoms with Crippen LogP contribution < -0.4 is 0 Å². The summed E-state index contributed by atoms with van der Waals surface area (Å²) in [5, 5.41) is 9.89. The molecule has 0 bridgehead atoms. The van der Waals surface area contributed by atoms with Crippen molar-refractivity contribution in [3.05, 3.63) is 0 Å². The third-order valence-corrected chi connectivity index (χ3v) is 3.31. The fourth-order valence-corrected chi connectivity index (χ4v) is 2.44. The van der Waals surface area contributed by atoms with E-state index in [-0.39, 0.29) is 6.10 Å². The van der Waals surface area contributed by atoms with E-state index in [9.17, 15) is 5.11 Å². The normalized spacial score (nSPS) is 33.2. The largest absolute Gasteiger partial charge is 0.391 e. The number of likely N-dealkylation sites (N-methyl/N-ethyl adjacent to an activating group) is 1. The monoisotopic (exact) mass is 185 g/mol. The summed E-state index contributed by atoms with van der Waals surface area (Å²) in [5.41, 5.74) is 0. The summed E-state index contributed by atoms with van der Waals surface area (Å²) in [7, 11) is 2.09. The molecular formula is C11H23NO. The van der Waals surface area contributed by atoms with Crippen molar-refractivity contribution in [3.8, 4) is 0 Å². The molecule has 1 heterocycles. The number of aliphatic hydroxyl groups is 1. The molecule has 1 aliphatic rings. The van der Waals surface area contributed by atoms with Crippen molar-refractivity contribution in [1.29, 1.82) is 0 Å². The molecule has 2 unspecified atom stereocenters. The molecule has 0 spiro atoms. The number of nitrogens with zero attached hydrogens (tertiary/aromatic N) is 1.